The Balaban J connectivity index is 0.000000686. The van der Waals surface area contributed by atoms with Crippen molar-refractivity contribution < 1.29 is 0 Å². The Morgan fingerprint density at radius 3 is 2.47 bits per heavy atom. The second-order valence-corrected chi connectivity index (χ2v) is 4.34. The van der Waals surface area contributed by atoms with Gasteiger partial charge in [0.15, 0.2) is 0 Å². The van der Waals surface area contributed by atoms with Gasteiger partial charge < -0.3 is 10.6 Å². The predicted molar refractivity (Wildman–Crippen MR) is 76.5 cm³/mol. The summed E-state index contributed by atoms with van der Waals surface area (Å²) in [5, 5.41) is 0.765. The number of rotatable bonds is 2. The fourth-order valence-corrected chi connectivity index (χ4v) is 2.22. The first kappa shape index (κ1) is 13.9. The smallest absolute Gasteiger partial charge is 0.0680 e. The Morgan fingerprint density at radius 1 is 1.35 bits per heavy atom. The van der Waals surface area contributed by atoms with Gasteiger partial charge in [0.05, 0.1) is 6.04 Å². The van der Waals surface area contributed by atoms with E-state index >= 15 is 0 Å². The van der Waals surface area contributed by atoms with Gasteiger partial charge in [-0.25, -0.2) is 0 Å². The third kappa shape index (κ3) is 3.40. The van der Waals surface area contributed by atoms with E-state index < -0.39 is 0 Å². The van der Waals surface area contributed by atoms with Gasteiger partial charge in [0, 0.05) is 23.0 Å². The number of halogens is 1. The van der Waals surface area contributed by atoms with Gasteiger partial charge in [0.1, 0.15) is 0 Å². The van der Waals surface area contributed by atoms with Crippen LogP contribution in [0.3, 0.4) is 0 Å². The molecule has 0 radical (unpaired) electrons. The van der Waals surface area contributed by atoms with Crippen molar-refractivity contribution in [1.82, 2.24) is 0 Å². The molecule has 1 aromatic rings. The van der Waals surface area contributed by atoms with Crippen LogP contribution in [0.25, 0.3) is 0 Å². The minimum atomic E-state index is 0.283. The average Bonchev–Trinajstić information content (AvgIpc) is 2.82. The summed E-state index contributed by atoms with van der Waals surface area (Å²) in [4.78, 5) is 2.29. The normalized spacial score (nSPS) is 18.5. The van der Waals surface area contributed by atoms with Crippen molar-refractivity contribution in [3.63, 3.8) is 0 Å². The van der Waals surface area contributed by atoms with Crippen molar-refractivity contribution >= 4 is 17.3 Å². The lowest BCUT2D eigenvalue weighted by Gasteiger charge is -2.26. The molecule has 1 aliphatic rings. The minimum Gasteiger partial charge on any atom is -0.401 e. The fourth-order valence-electron chi connectivity index (χ4n) is 2.09. The molecule has 94 valence electrons. The summed E-state index contributed by atoms with van der Waals surface area (Å²) in [6, 6.07) is 8.16. The molecule has 1 aromatic carbocycles. The Bertz CT molecular complexity index is 359. The number of nitrogens with zero attached hydrogens (tertiary/aromatic N) is 1. The lowest BCUT2D eigenvalue weighted by molar-refractivity contribution is 0.754. The van der Waals surface area contributed by atoms with Gasteiger partial charge in [-0.2, -0.15) is 0 Å². The highest BCUT2D eigenvalue weighted by molar-refractivity contribution is 6.30. The molecule has 1 atom stereocenters. The van der Waals surface area contributed by atoms with Crippen molar-refractivity contribution in [2.45, 2.75) is 32.7 Å². The summed E-state index contributed by atoms with van der Waals surface area (Å²) in [5.74, 6) is 0. The molecule has 0 amide bonds. The van der Waals surface area contributed by atoms with E-state index in [1.54, 1.807) is 0 Å². The van der Waals surface area contributed by atoms with Crippen LogP contribution in [-0.2, 0) is 0 Å². The van der Waals surface area contributed by atoms with Gasteiger partial charge in [0.25, 0.3) is 0 Å². The van der Waals surface area contributed by atoms with E-state index in [4.69, 9.17) is 17.3 Å². The van der Waals surface area contributed by atoms with Crippen LogP contribution in [0.15, 0.2) is 36.5 Å². The second kappa shape index (κ2) is 6.55. The van der Waals surface area contributed by atoms with Gasteiger partial charge >= 0.3 is 0 Å². The molecule has 0 bridgehead atoms. The summed E-state index contributed by atoms with van der Waals surface area (Å²) in [5.41, 5.74) is 7.72. The molecule has 1 unspecified atom stereocenters. The Hall–Kier alpha value is -1.15. The zero-order chi connectivity index (χ0) is 12.8. The highest BCUT2D eigenvalue weighted by Crippen LogP contribution is 2.28. The van der Waals surface area contributed by atoms with Crippen LogP contribution in [0.4, 0.5) is 5.69 Å². The third-order valence-electron chi connectivity index (χ3n) is 2.84. The SMILES string of the molecule is C=C(N)C1CCCN1c1ccc(Cl)cc1.CC. The maximum atomic E-state index is 5.86. The highest BCUT2D eigenvalue weighted by atomic mass is 35.5. The summed E-state index contributed by atoms with van der Waals surface area (Å²) in [7, 11) is 0. The standard InChI is InChI=1S/C12H15ClN2.C2H6/c1-9(14)12-3-2-8-15(12)11-6-4-10(13)5-7-11;1-2/h4-7,12H,1-3,8,14H2;1-2H3. The molecule has 17 heavy (non-hydrogen) atoms. The van der Waals surface area contributed by atoms with E-state index in [0.29, 0.717) is 0 Å². The minimum absolute atomic E-state index is 0.283. The van der Waals surface area contributed by atoms with Gasteiger partial charge in [-0.05, 0) is 37.1 Å². The maximum Gasteiger partial charge on any atom is 0.0680 e. The number of nitrogens with two attached hydrogens (primary N) is 1. The first-order chi connectivity index (χ1) is 8.18. The number of hydrogen-bond donors (Lipinski definition) is 1. The van der Waals surface area contributed by atoms with Gasteiger partial charge in [-0.1, -0.05) is 32.0 Å². The van der Waals surface area contributed by atoms with Gasteiger partial charge in [0.2, 0.25) is 0 Å². The van der Waals surface area contributed by atoms with Crippen molar-refractivity contribution in [2.24, 2.45) is 5.73 Å². The molecule has 1 aliphatic heterocycles. The number of hydrogen-bond acceptors (Lipinski definition) is 2. The number of benzene rings is 1. The third-order valence-corrected chi connectivity index (χ3v) is 3.09. The predicted octanol–water partition coefficient (Wildman–Crippen LogP) is 3.81. The molecule has 2 nitrogen and oxygen atoms in total. The molecule has 1 saturated heterocycles. The lowest BCUT2D eigenvalue weighted by atomic mass is 10.1. The summed E-state index contributed by atoms with van der Waals surface area (Å²) < 4.78 is 0. The van der Waals surface area contributed by atoms with Crippen LogP contribution in [-0.4, -0.2) is 12.6 Å². The van der Waals surface area contributed by atoms with E-state index in [-0.39, 0.29) is 6.04 Å². The van der Waals surface area contributed by atoms with E-state index in [1.807, 2.05) is 38.1 Å². The maximum absolute atomic E-state index is 5.86. The molecular formula is C14H21ClN2. The topological polar surface area (TPSA) is 29.3 Å². The Kier molecular flexibility index (Phi) is 5.36. The van der Waals surface area contributed by atoms with Crippen molar-refractivity contribution in [1.29, 1.82) is 0 Å². The van der Waals surface area contributed by atoms with Gasteiger partial charge in [-0.3, -0.25) is 0 Å². The molecular weight excluding hydrogens is 232 g/mol. The quantitative estimate of drug-likeness (QED) is 0.867. The molecule has 1 fully saturated rings. The van der Waals surface area contributed by atoms with E-state index in [9.17, 15) is 0 Å². The highest BCUT2D eigenvalue weighted by Gasteiger charge is 2.25. The summed E-state index contributed by atoms with van der Waals surface area (Å²) in [6.45, 7) is 8.88. The lowest BCUT2D eigenvalue weighted by Crippen LogP contribution is -2.33. The summed E-state index contributed by atoms with van der Waals surface area (Å²) in [6.07, 6.45) is 2.27. The molecule has 0 saturated carbocycles. The first-order valence-electron chi connectivity index (χ1n) is 6.15. The first-order valence-corrected chi connectivity index (χ1v) is 6.53. The molecule has 0 spiro atoms. The molecule has 0 aliphatic carbocycles. The van der Waals surface area contributed by atoms with Crippen LogP contribution in [0.5, 0.6) is 0 Å². The van der Waals surface area contributed by atoms with Crippen LogP contribution in [0, 0.1) is 0 Å². The molecule has 2 N–H and O–H groups in total. The second-order valence-electron chi connectivity index (χ2n) is 3.90. The molecule has 1 heterocycles. The van der Waals surface area contributed by atoms with Crippen LogP contribution in [0.1, 0.15) is 26.7 Å². The van der Waals surface area contributed by atoms with Crippen molar-refractivity contribution in [3.8, 4) is 0 Å². The Labute approximate surface area is 109 Å². The monoisotopic (exact) mass is 252 g/mol. The average molecular weight is 253 g/mol. The van der Waals surface area contributed by atoms with Crippen molar-refractivity contribution in [2.75, 3.05) is 11.4 Å². The van der Waals surface area contributed by atoms with Crippen molar-refractivity contribution in [3.05, 3.63) is 41.6 Å². The Morgan fingerprint density at radius 2 is 1.94 bits per heavy atom. The number of anilines is 1. The zero-order valence-corrected chi connectivity index (χ0v) is 11.4. The van der Waals surface area contributed by atoms with Crippen LogP contribution < -0.4 is 10.6 Å². The van der Waals surface area contributed by atoms with E-state index in [0.717, 1.165) is 23.7 Å². The van der Waals surface area contributed by atoms with Crippen LogP contribution in [0.2, 0.25) is 5.02 Å². The van der Waals surface area contributed by atoms with E-state index in [2.05, 4.69) is 11.5 Å². The van der Waals surface area contributed by atoms with Gasteiger partial charge in [-0.15, -0.1) is 0 Å². The largest absolute Gasteiger partial charge is 0.401 e. The molecule has 2 rings (SSSR count). The van der Waals surface area contributed by atoms with E-state index in [1.165, 1.54) is 12.1 Å². The molecule has 3 heteroatoms. The van der Waals surface area contributed by atoms with Crippen LogP contribution >= 0.6 is 11.6 Å². The zero-order valence-electron chi connectivity index (χ0n) is 10.6. The molecule has 0 aromatic heterocycles. The summed E-state index contributed by atoms with van der Waals surface area (Å²) >= 11 is 5.86. The fraction of sp³-hybridized carbons (Fsp3) is 0.429.